The van der Waals surface area contributed by atoms with Crippen molar-refractivity contribution in [3.8, 4) is 0 Å². The largest absolute Gasteiger partial charge is 0.382 e. The Hall–Kier alpha value is -1.92. The molecule has 0 atom stereocenters. The summed E-state index contributed by atoms with van der Waals surface area (Å²) in [5, 5.41) is 5.34. The molecule has 0 spiro atoms. The van der Waals surface area contributed by atoms with Crippen molar-refractivity contribution >= 4 is 17.5 Å². The lowest BCUT2D eigenvalue weighted by Gasteiger charge is -2.09. The van der Waals surface area contributed by atoms with E-state index in [9.17, 15) is 9.59 Å². The Labute approximate surface area is 104 Å². The van der Waals surface area contributed by atoms with Crippen LogP contribution in [0.2, 0.25) is 0 Å². The van der Waals surface area contributed by atoms with Crippen LogP contribution in [-0.4, -0.2) is 38.1 Å². The summed E-state index contributed by atoms with van der Waals surface area (Å²) in [4.78, 5) is 23.1. The smallest absolute Gasteiger partial charge is 0.261 e. The molecule has 18 heavy (non-hydrogen) atoms. The molecule has 0 fully saturated rings. The molecule has 1 aliphatic heterocycles. The lowest BCUT2D eigenvalue weighted by atomic mass is 10.1. The number of imide groups is 1. The first kappa shape index (κ1) is 12.5. The van der Waals surface area contributed by atoms with E-state index < -0.39 is 0 Å². The molecule has 6 heteroatoms. The Kier molecular flexibility index (Phi) is 3.91. The quantitative estimate of drug-likeness (QED) is 0.486. The number of hydrogen-bond acceptors (Lipinski definition) is 5. The van der Waals surface area contributed by atoms with Gasteiger partial charge in [-0.1, -0.05) is 6.07 Å². The van der Waals surface area contributed by atoms with Crippen molar-refractivity contribution in [1.29, 1.82) is 0 Å². The molecule has 0 radical (unpaired) electrons. The summed E-state index contributed by atoms with van der Waals surface area (Å²) in [6, 6.07) is 5.13. The van der Waals surface area contributed by atoms with E-state index in [0.29, 0.717) is 43.1 Å². The Morgan fingerprint density at radius 1 is 1.22 bits per heavy atom. The van der Waals surface area contributed by atoms with Crippen LogP contribution in [0, 0.1) is 0 Å². The van der Waals surface area contributed by atoms with Gasteiger partial charge in [-0.2, -0.15) is 0 Å². The second kappa shape index (κ2) is 5.61. The highest BCUT2D eigenvalue weighted by Crippen LogP contribution is 2.23. The number of carbonyl (C=O) groups is 2. The molecule has 0 aliphatic carbocycles. The SMILES string of the molecule is NCCOCCNc1cccc2c1C(=O)NC2=O. The zero-order valence-corrected chi connectivity index (χ0v) is 9.86. The molecule has 1 aliphatic rings. The van der Waals surface area contributed by atoms with Crippen molar-refractivity contribution in [2.75, 3.05) is 31.6 Å². The molecule has 2 rings (SSSR count). The third-order valence-electron chi connectivity index (χ3n) is 2.59. The fraction of sp³-hybridized carbons (Fsp3) is 0.333. The average molecular weight is 249 g/mol. The van der Waals surface area contributed by atoms with Gasteiger partial charge in [0.1, 0.15) is 0 Å². The monoisotopic (exact) mass is 249 g/mol. The van der Waals surface area contributed by atoms with Crippen LogP contribution in [0.5, 0.6) is 0 Å². The first-order chi connectivity index (χ1) is 8.74. The molecule has 0 aromatic heterocycles. The molecular formula is C12H15N3O3. The molecule has 1 heterocycles. The van der Waals surface area contributed by atoms with Crippen LogP contribution in [0.25, 0.3) is 0 Å². The molecule has 0 bridgehead atoms. The number of amides is 2. The summed E-state index contributed by atoms with van der Waals surface area (Å²) in [7, 11) is 0. The van der Waals surface area contributed by atoms with Crippen LogP contribution in [0.1, 0.15) is 20.7 Å². The summed E-state index contributed by atoms with van der Waals surface area (Å²) in [5.74, 6) is -0.709. The fourth-order valence-electron chi connectivity index (χ4n) is 1.81. The maximum Gasteiger partial charge on any atom is 0.261 e. The highest BCUT2D eigenvalue weighted by atomic mass is 16.5. The molecule has 0 saturated heterocycles. The van der Waals surface area contributed by atoms with E-state index >= 15 is 0 Å². The lowest BCUT2D eigenvalue weighted by molar-refractivity contribution is 0.0880. The lowest BCUT2D eigenvalue weighted by Crippen LogP contribution is -2.20. The predicted molar refractivity (Wildman–Crippen MR) is 66.6 cm³/mol. The van der Waals surface area contributed by atoms with E-state index in [1.165, 1.54) is 0 Å². The predicted octanol–water partition coefficient (Wildman–Crippen LogP) is -0.0426. The average Bonchev–Trinajstić information content (AvgIpc) is 2.66. The number of fused-ring (bicyclic) bond motifs is 1. The van der Waals surface area contributed by atoms with Gasteiger partial charge in [-0.15, -0.1) is 0 Å². The summed E-state index contributed by atoms with van der Waals surface area (Å²) in [6.45, 7) is 2.04. The standard InChI is InChI=1S/C12H15N3O3/c13-4-6-18-7-5-14-9-3-1-2-8-10(9)12(17)15-11(8)16/h1-3,14H,4-7,13H2,(H,15,16,17). The van der Waals surface area contributed by atoms with Gasteiger partial charge in [0, 0.05) is 18.8 Å². The maximum atomic E-state index is 11.6. The highest BCUT2D eigenvalue weighted by molar-refractivity contribution is 6.23. The van der Waals surface area contributed by atoms with E-state index in [1.54, 1.807) is 18.2 Å². The van der Waals surface area contributed by atoms with Gasteiger partial charge in [-0.05, 0) is 12.1 Å². The van der Waals surface area contributed by atoms with Gasteiger partial charge < -0.3 is 15.8 Å². The molecule has 6 nitrogen and oxygen atoms in total. The van der Waals surface area contributed by atoms with Crippen LogP contribution >= 0.6 is 0 Å². The Morgan fingerprint density at radius 2 is 2.06 bits per heavy atom. The summed E-state index contributed by atoms with van der Waals surface area (Å²) in [5.41, 5.74) is 6.75. The molecule has 96 valence electrons. The van der Waals surface area contributed by atoms with Crippen molar-refractivity contribution in [3.05, 3.63) is 29.3 Å². The van der Waals surface area contributed by atoms with Crippen LogP contribution in [0.4, 0.5) is 5.69 Å². The van der Waals surface area contributed by atoms with E-state index in [2.05, 4.69) is 10.6 Å². The molecule has 1 aromatic carbocycles. The maximum absolute atomic E-state index is 11.6. The van der Waals surface area contributed by atoms with Crippen LogP contribution in [-0.2, 0) is 4.74 Å². The molecule has 4 N–H and O–H groups in total. The third kappa shape index (κ3) is 2.49. The number of rotatable bonds is 6. The van der Waals surface area contributed by atoms with Gasteiger partial charge in [0.25, 0.3) is 11.8 Å². The molecular weight excluding hydrogens is 234 g/mol. The summed E-state index contributed by atoms with van der Waals surface area (Å²) < 4.78 is 5.22. The number of benzene rings is 1. The van der Waals surface area contributed by atoms with Gasteiger partial charge in [0.15, 0.2) is 0 Å². The first-order valence-corrected chi connectivity index (χ1v) is 5.74. The molecule has 2 amide bonds. The van der Waals surface area contributed by atoms with E-state index in [0.717, 1.165) is 0 Å². The highest BCUT2D eigenvalue weighted by Gasteiger charge is 2.28. The van der Waals surface area contributed by atoms with Gasteiger partial charge in [-0.25, -0.2) is 0 Å². The van der Waals surface area contributed by atoms with E-state index in [-0.39, 0.29) is 11.8 Å². The van der Waals surface area contributed by atoms with Crippen LogP contribution in [0.3, 0.4) is 0 Å². The van der Waals surface area contributed by atoms with E-state index in [1.807, 2.05) is 0 Å². The van der Waals surface area contributed by atoms with Crippen molar-refractivity contribution < 1.29 is 14.3 Å². The normalized spacial score (nSPS) is 13.4. The zero-order chi connectivity index (χ0) is 13.0. The van der Waals surface area contributed by atoms with Gasteiger partial charge in [0.05, 0.1) is 24.3 Å². The Bertz CT molecular complexity index is 474. The zero-order valence-electron chi connectivity index (χ0n) is 9.86. The van der Waals surface area contributed by atoms with Gasteiger partial charge in [0.2, 0.25) is 0 Å². The molecule has 1 aromatic rings. The number of hydrogen-bond donors (Lipinski definition) is 3. The minimum absolute atomic E-state index is 0.349. The van der Waals surface area contributed by atoms with Crippen molar-refractivity contribution in [2.24, 2.45) is 5.73 Å². The number of nitrogens with two attached hydrogens (primary N) is 1. The summed E-state index contributed by atoms with van der Waals surface area (Å²) >= 11 is 0. The van der Waals surface area contributed by atoms with Crippen molar-refractivity contribution in [1.82, 2.24) is 5.32 Å². The Balaban J connectivity index is 2.02. The third-order valence-corrected chi connectivity index (χ3v) is 2.59. The minimum atomic E-state index is -0.360. The molecule has 0 saturated carbocycles. The van der Waals surface area contributed by atoms with Gasteiger partial charge >= 0.3 is 0 Å². The van der Waals surface area contributed by atoms with E-state index in [4.69, 9.17) is 10.5 Å². The molecule has 0 unspecified atom stereocenters. The second-order valence-corrected chi connectivity index (χ2v) is 3.84. The van der Waals surface area contributed by atoms with Gasteiger partial charge in [-0.3, -0.25) is 14.9 Å². The number of ether oxygens (including phenoxy) is 1. The fourth-order valence-corrected chi connectivity index (χ4v) is 1.81. The first-order valence-electron chi connectivity index (χ1n) is 5.74. The number of nitrogens with one attached hydrogen (secondary N) is 2. The van der Waals surface area contributed by atoms with Crippen LogP contribution < -0.4 is 16.4 Å². The Morgan fingerprint density at radius 3 is 2.83 bits per heavy atom. The van der Waals surface area contributed by atoms with Crippen LogP contribution in [0.15, 0.2) is 18.2 Å². The summed E-state index contributed by atoms with van der Waals surface area (Å²) in [6.07, 6.45) is 0. The van der Waals surface area contributed by atoms with Crippen molar-refractivity contribution in [3.63, 3.8) is 0 Å². The minimum Gasteiger partial charge on any atom is -0.382 e. The van der Waals surface area contributed by atoms with Crippen molar-refractivity contribution in [2.45, 2.75) is 0 Å². The second-order valence-electron chi connectivity index (χ2n) is 3.84. The number of anilines is 1. The topological polar surface area (TPSA) is 93.4 Å². The number of carbonyl (C=O) groups excluding carboxylic acids is 2.